The summed E-state index contributed by atoms with van der Waals surface area (Å²) in [5, 5.41) is 13.2. The summed E-state index contributed by atoms with van der Waals surface area (Å²) in [6.45, 7) is 2.06. The van der Waals surface area contributed by atoms with Gasteiger partial charge >= 0.3 is 0 Å². The highest BCUT2D eigenvalue weighted by atomic mass is 32.2. The highest BCUT2D eigenvalue weighted by Crippen LogP contribution is 2.43. The molecule has 2 saturated carbocycles. The van der Waals surface area contributed by atoms with Gasteiger partial charge in [-0.3, -0.25) is 5.32 Å². The fraction of sp³-hybridized carbons (Fsp3) is 0.769. The number of rotatable bonds is 7. The minimum atomic E-state index is -0.343. The molecule has 2 fully saturated rings. The molecule has 4 nitrogen and oxygen atoms in total. The van der Waals surface area contributed by atoms with Crippen molar-refractivity contribution < 1.29 is 0 Å². The van der Waals surface area contributed by atoms with Gasteiger partial charge in [-0.1, -0.05) is 18.7 Å². The highest BCUT2D eigenvalue weighted by molar-refractivity contribution is 8.01. The van der Waals surface area contributed by atoms with E-state index in [1.165, 1.54) is 37.2 Å². The number of hydrogen-bond donors (Lipinski definition) is 1. The van der Waals surface area contributed by atoms with Gasteiger partial charge < -0.3 is 0 Å². The molecule has 2 aliphatic carbocycles. The van der Waals surface area contributed by atoms with Crippen LogP contribution in [0.15, 0.2) is 4.34 Å². The normalized spacial score (nSPS) is 21.9. The first-order chi connectivity index (χ1) is 9.25. The molecule has 0 bridgehead atoms. The standard InChI is InChI=1S/C13H18N4S2/c1-2-11-15-12(19-17-11)18-8-13(7-14,9-3-4-9)16-10-5-6-10/h9-10,16H,2-6,8H2,1H3. The van der Waals surface area contributed by atoms with Gasteiger partial charge in [-0.2, -0.15) is 9.64 Å². The number of aryl methyl sites for hydroxylation is 1. The van der Waals surface area contributed by atoms with Gasteiger partial charge in [0.1, 0.15) is 11.4 Å². The summed E-state index contributed by atoms with van der Waals surface area (Å²) in [5.74, 6) is 2.24. The van der Waals surface area contributed by atoms with Gasteiger partial charge in [0, 0.05) is 18.2 Å². The fourth-order valence-corrected chi connectivity index (χ4v) is 4.12. The molecule has 0 spiro atoms. The largest absolute Gasteiger partial charge is 0.296 e. The molecule has 102 valence electrons. The Bertz CT molecular complexity index is 487. The maximum Gasteiger partial charge on any atom is 0.170 e. The first-order valence-electron chi connectivity index (χ1n) is 6.90. The van der Waals surface area contributed by atoms with Crippen LogP contribution in [0.2, 0.25) is 0 Å². The Hall–Kier alpha value is -0.640. The summed E-state index contributed by atoms with van der Waals surface area (Å²) >= 11 is 3.14. The predicted molar refractivity (Wildman–Crippen MR) is 77.2 cm³/mol. The lowest BCUT2D eigenvalue weighted by Crippen LogP contribution is -2.49. The molecule has 0 aliphatic heterocycles. The topological polar surface area (TPSA) is 61.6 Å². The molecule has 0 aromatic carbocycles. The van der Waals surface area contributed by atoms with E-state index in [9.17, 15) is 5.26 Å². The molecule has 0 saturated heterocycles. The zero-order valence-electron chi connectivity index (χ0n) is 11.1. The van der Waals surface area contributed by atoms with Gasteiger partial charge in [-0.05, 0) is 43.1 Å². The lowest BCUT2D eigenvalue weighted by molar-refractivity contribution is 0.401. The van der Waals surface area contributed by atoms with Crippen LogP contribution in [0.3, 0.4) is 0 Å². The summed E-state index contributed by atoms with van der Waals surface area (Å²) in [4.78, 5) is 4.47. The summed E-state index contributed by atoms with van der Waals surface area (Å²) in [5.41, 5.74) is -0.343. The molecule has 6 heteroatoms. The maximum absolute atomic E-state index is 9.63. The summed E-state index contributed by atoms with van der Waals surface area (Å²) in [6.07, 6.45) is 5.69. The molecule has 1 atom stereocenters. The van der Waals surface area contributed by atoms with E-state index in [0.29, 0.717) is 12.0 Å². The van der Waals surface area contributed by atoms with Crippen molar-refractivity contribution in [3.63, 3.8) is 0 Å². The van der Waals surface area contributed by atoms with E-state index >= 15 is 0 Å². The van der Waals surface area contributed by atoms with Crippen LogP contribution in [0.4, 0.5) is 0 Å². The van der Waals surface area contributed by atoms with Crippen molar-refractivity contribution in [2.75, 3.05) is 5.75 Å². The van der Waals surface area contributed by atoms with Crippen molar-refractivity contribution in [2.24, 2.45) is 5.92 Å². The first kappa shape index (κ1) is 13.3. The summed E-state index contributed by atoms with van der Waals surface area (Å²) in [7, 11) is 0. The molecular formula is C13H18N4S2. The second kappa shape index (κ2) is 5.39. The number of nitriles is 1. The number of aromatic nitrogens is 2. The van der Waals surface area contributed by atoms with Crippen LogP contribution in [-0.4, -0.2) is 26.7 Å². The van der Waals surface area contributed by atoms with Gasteiger partial charge in [-0.25, -0.2) is 4.98 Å². The Labute approximate surface area is 122 Å². The minimum absolute atomic E-state index is 0.343. The van der Waals surface area contributed by atoms with Crippen LogP contribution in [-0.2, 0) is 6.42 Å². The van der Waals surface area contributed by atoms with E-state index in [1.54, 1.807) is 11.8 Å². The average Bonchev–Trinajstić information content (AvgIpc) is 3.34. The molecule has 1 aromatic heterocycles. The van der Waals surface area contributed by atoms with Gasteiger partial charge in [0.15, 0.2) is 4.34 Å². The zero-order chi connectivity index (χ0) is 13.3. The molecule has 1 heterocycles. The highest BCUT2D eigenvalue weighted by Gasteiger charge is 2.48. The molecule has 1 unspecified atom stereocenters. The monoisotopic (exact) mass is 294 g/mol. The number of nitrogens with zero attached hydrogens (tertiary/aromatic N) is 3. The van der Waals surface area contributed by atoms with E-state index in [4.69, 9.17) is 0 Å². The first-order valence-corrected chi connectivity index (χ1v) is 8.66. The molecule has 0 amide bonds. The van der Waals surface area contributed by atoms with E-state index < -0.39 is 0 Å². The van der Waals surface area contributed by atoms with Gasteiger partial charge in [0.05, 0.1) is 6.07 Å². The van der Waals surface area contributed by atoms with Gasteiger partial charge in [-0.15, -0.1) is 0 Å². The number of hydrogen-bond acceptors (Lipinski definition) is 6. The van der Waals surface area contributed by atoms with Crippen molar-refractivity contribution in [1.82, 2.24) is 14.7 Å². The molecule has 1 N–H and O–H groups in total. The van der Waals surface area contributed by atoms with Gasteiger partial charge in [0.2, 0.25) is 0 Å². The van der Waals surface area contributed by atoms with Crippen molar-refractivity contribution >= 4 is 23.3 Å². The Balaban J connectivity index is 1.65. The number of thioether (sulfide) groups is 1. The number of nitrogens with one attached hydrogen (secondary N) is 1. The van der Waals surface area contributed by atoms with Crippen LogP contribution in [0, 0.1) is 17.2 Å². The van der Waals surface area contributed by atoms with E-state index in [1.807, 2.05) is 0 Å². The lowest BCUT2D eigenvalue weighted by Gasteiger charge is -2.27. The van der Waals surface area contributed by atoms with Crippen LogP contribution >= 0.6 is 23.3 Å². The van der Waals surface area contributed by atoms with Crippen molar-refractivity contribution in [3.05, 3.63) is 5.82 Å². The lowest BCUT2D eigenvalue weighted by atomic mass is 9.97. The SMILES string of the molecule is CCc1nsc(SCC(C#N)(NC2CC2)C2CC2)n1. The Kier molecular flexibility index (Phi) is 3.79. The minimum Gasteiger partial charge on any atom is -0.296 e. The third-order valence-electron chi connectivity index (χ3n) is 3.70. The van der Waals surface area contributed by atoms with E-state index in [2.05, 4.69) is 27.7 Å². The Morgan fingerprint density at radius 2 is 2.26 bits per heavy atom. The van der Waals surface area contributed by atoms with Crippen LogP contribution in [0.1, 0.15) is 38.4 Å². The predicted octanol–water partition coefficient (Wildman–Crippen LogP) is 2.62. The molecule has 19 heavy (non-hydrogen) atoms. The van der Waals surface area contributed by atoms with Gasteiger partial charge in [0.25, 0.3) is 0 Å². The molecule has 3 rings (SSSR count). The average molecular weight is 294 g/mol. The smallest absolute Gasteiger partial charge is 0.170 e. The fourth-order valence-electron chi connectivity index (χ4n) is 2.22. The maximum atomic E-state index is 9.63. The zero-order valence-corrected chi connectivity index (χ0v) is 12.7. The second-order valence-electron chi connectivity index (χ2n) is 5.39. The van der Waals surface area contributed by atoms with Crippen LogP contribution in [0.5, 0.6) is 0 Å². The third kappa shape index (κ3) is 3.10. The molecule has 2 aliphatic rings. The second-order valence-corrected chi connectivity index (χ2v) is 7.37. The summed E-state index contributed by atoms with van der Waals surface area (Å²) < 4.78 is 5.30. The molecule has 0 radical (unpaired) electrons. The summed E-state index contributed by atoms with van der Waals surface area (Å²) in [6, 6.07) is 3.14. The quantitative estimate of drug-likeness (QED) is 0.783. The van der Waals surface area contributed by atoms with E-state index in [0.717, 1.165) is 22.3 Å². The Morgan fingerprint density at radius 1 is 1.47 bits per heavy atom. The molecule has 1 aromatic rings. The van der Waals surface area contributed by atoms with Crippen LogP contribution < -0.4 is 5.32 Å². The van der Waals surface area contributed by atoms with Crippen molar-refractivity contribution in [2.45, 2.75) is 54.9 Å². The Morgan fingerprint density at radius 3 is 2.79 bits per heavy atom. The van der Waals surface area contributed by atoms with Crippen LogP contribution in [0.25, 0.3) is 0 Å². The molecular weight excluding hydrogens is 276 g/mol. The van der Waals surface area contributed by atoms with E-state index in [-0.39, 0.29) is 5.54 Å². The van der Waals surface area contributed by atoms with Crippen molar-refractivity contribution in [3.8, 4) is 6.07 Å². The van der Waals surface area contributed by atoms with Crippen molar-refractivity contribution in [1.29, 1.82) is 5.26 Å². The third-order valence-corrected chi connectivity index (χ3v) is 5.77.